The molecule has 1 atom stereocenters. The van der Waals surface area contributed by atoms with Crippen LogP contribution in [-0.2, 0) is 0 Å². The lowest BCUT2D eigenvalue weighted by atomic mass is 9.90. The van der Waals surface area contributed by atoms with E-state index in [0.29, 0.717) is 18.0 Å². The van der Waals surface area contributed by atoms with Crippen molar-refractivity contribution < 1.29 is 9.18 Å². The Labute approximate surface area is 134 Å². The van der Waals surface area contributed by atoms with Gasteiger partial charge >= 0.3 is 0 Å². The van der Waals surface area contributed by atoms with Crippen LogP contribution >= 0.6 is 28.3 Å². The standard InChI is InChI=1S/C14H20BrFN2O.ClH/c1-9(2)7-14(3,8-17)18-13(19)10-4-5-12(16)11(15)6-10;/h4-6,9H,7-8,17H2,1-3H3,(H,18,19);1H. The van der Waals surface area contributed by atoms with Crippen molar-refractivity contribution in [3.05, 3.63) is 34.1 Å². The molecule has 0 aliphatic carbocycles. The monoisotopic (exact) mass is 366 g/mol. The van der Waals surface area contributed by atoms with E-state index in [-0.39, 0.29) is 28.6 Å². The van der Waals surface area contributed by atoms with Gasteiger partial charge in [0.2, 0.25) is 0 Å². The van der Waals surface area contributed by atoms with Crippen molar-refractivity contribution in [2.24, 2.45) is 11.7 Å². The molecule has 0 radical (unpaired) electrons. The van der Waals surface area contributed by atoms with Crippen molar-refractivity contribution >= 4 is 34.2 Å². The lowest BCUT2D eigenvalue weighted by Gasteiger charge is -2.31. The van der Waals surface area contributed by atoms with Crippen molar-refractivity contribution in [2.75, 3.05) is 6.54 Å². The molecule has 1 unspecified atom stereocenters. The van der Waals surface area contributed by atoms with Crippen LogP contribution < -0.4 is 11.1 Å². The SMILES string of the molecule is CC(C)CC(C)(CN)NC(=O)c1ccc(F)c(Br)c1.Cl. The second kappa shape index (κ2) is 7.96. The van der Waals surface area contributed by atoms with Crippen LogP contribution in [0, 0.1) is 11.7 Å². The first kappa shape index (κ1) is 19.4. The van der Waals surface area contributed by atoms with Gasteiger partial charge in [0.05, 0.1) is 4.47 Å². The number of nitrogens with one attached hydrogen (secondary N) is 1. The molecule has 1 rings (SSSR count). The zero-order chi connectivity index (χ0) is 14.6. The van der Waals surface area contributed by atoms with E-state index in [4.69, 9.17) is 5.73 Å². The summed E-state index contributed by atoms with van der Waals surface area (Å²) in [6.07, 6.45) is 0.789. The highest BCUT2D eigenvalue weighted by atomic mass is 79.9. The van der Waals surface area contributed by atoms with Crippen LogP contribution in [0.15, 0.2) is 22.7 Å². The van der Waals surface area contributed by atoms with Crippen molar-refractivity contribution in [1.29, 1.82) is 0 Å². The molecule has 0 spiro atoms. The van der Waals surface area contributed by atoms with E-state index in [9.17, 15) is 9.18 Å². The normalized spacial score (nSPS) is 13.6. The number of carbonyl (C=O) groups is 1. The molecule has 0 saturated carbocycles. The van der Waals surface area contributed by atoms with Gasteiger partial charge in [-0.1, -0.05) is 13.8 Å². The fraction of sp³-hybridized carbons (Fsp3) is 0.500. The molecule has 20 heavy (non-hydrogen) atoms. The number of amides is 1. The van der Waals surface area contributed by atoms with E-state index in [1.165, 1.54) is 18.2 Å². The zero-order valence-electron chi connectivity index (χ0n) is 11.9. The molecule has 1 aromatic carbocycles. The zero-order valence-corrected chi connectivity index (χ0v) is 14.3. The first-order valence-corrected chi connectivity index (χ1v) is 7.04. The molecule has 3 N–H and O–H groups in total. The largest absolute Gasteiger partial charge is 0.346 e. The second-order valence-electron chi connectivity index (χ2n) is 5.45. The summed E-state index contributed by atoms with van der Waals surface area (Å²) >= 11 is 3.07. The minimum absolute atomic E-state index is 0. The third-order valence-electron chi connectivity index (χ3n) is 2.91. The Bertz CT molecular complexity index is 470. The molecule has 0 aromatic heterocycles. The van der Waals surface area contributed by atoms with Gasteiger partial charge in [0.1, 0.15) is 5.82 Å². The third-order valence-corrected chi connectivity index (χ3v) is 3.51. The van der Waals surface area contributed by atoms with Crippen LogP contribution in [-0.4, -0.2) is 18.0 Å². The van der Waals surface area contributed by atoms with Gasteiger partial charge in [-0.2, -0.15) is 0 Å². The molecule has 0 saturated heterocycles. The predicted octanol–water partition coefficient (Wildman–Crippen LogP) is 3.50. The Morgan fingerprint density at radius 2 is 2.10 bits per heavy atom. The summed E-state index contributed by atoms with van der Waals surface area (Å²) in [5.41, 5.74) is 5.71. The molecule has 114 valence electrons. The van der Waals surface area contributed by atoms with E-state index >= 15 is 0 Å². The smallest absolute Gasteiger partial charge is 0.251 e. The number of halogens is 3. The van der Waals surface area contributed by atoms with Crippen LogP contribution in [0.1, 0.15) is 37.6 Å². The first-order chi connectivity index (χ1) is 8.77. The number of nitrogens with two attached hydrogens (primary N) is 1. The van der Waals surface area contributed by atoms with Crippen molar-refractivity contribution in [3.63, 3.8) is 0 Å². The molecule has 0 bridgehead atoms. The van der Waals surface area contributed by atoms with Gasteiger partial charge in [0, 0.05) is 17.6 Å². The fourth-order valence-electron chi connectivity index (χ4n) is 2.07. The average molecular weight is 368 g/mol. The number of benzene rings is 1. The van der Waals surface area contributed by atoms with Gasteiger partial charge in [0.15, 0.2) is 0 Å². The summed E-state index contributed by atoms with van der Waals surface area (Å²) in [6, 6.07) is 4.19. The summed E-state index contributed by atoms with van der Waals surface area (Å²) in [7, 11) is 0. The molecule has 3 nitrogen and oxygen atoms in total. The summed E-state index contributed by atoms with van der Waals surface area (Å²) in [6.45, 7) is 6.44. The van der Waals surface area contributed by atoms with Gasteiger partial charge in [-0.25, -0.2) is 4.39 Å². The van der Waals surface area contributed by atoms with Crippen molar-refractivity contribution in [3.8, 4) is 0 Å². The molecule has 1 amide bonds. The molecule has 0 aliphatic heterocycles. The first-order valence-electron chi connectivity index (χ1n) is 6.25. The Balaban J connectivity index is 0.00000361. The van der Waals surface area contributed by atoms with E-state index in [2.05, 4.69) is 35.1 Å². The van der Waals surface area contributed by atoms with Crippen molar-refractivity contribution in [2.45, 2.75) is 32.7 Å². The van der Waals surface area contributed by atoms with Crippen molar-refractivity contribution in [1.82, 2.24) is 5.32 Å². The summed E-state index contributed by atoms with van der Waals surface area (Å²) in [4.78, 5) is 12.2. The summed E-state index contributed by atoms with van der Waals surface area (Å²) in [5.74, 6) is -0.205. The lowest BCUT2D eigenvalue weighted by molar-refractivity contribution is 0.0898. The Morgan fingerprint density at radius 1 is 1.50 bits per heavy atom. The van der Waals surface area contributed by atoms with Gasteiger partial charge in [0.25, 0.3) is 5.91 Å². The van der Waals surface area contributed by atoms with Crippen LogP contribution in [0.2, 0.25) is 0 Å². The van der Waals surface area contributed by atoms with Gasteiger partial charge in [-0.05, 0) is 53.4 Å². The molecule has 0 aliphatic rings. The van der Waals surface area contributed by atoms with Gasteiger partial charge < -0.3 is 11.1 Å². The Hall–Kier alpha value is -0.650. The van der Waals surface area contributed by atoms with Crippen LogP contribution in [0.4, 0.5) is 4.39 Å². The number of hydrogen-bond donors (Lipinski definition) is 2. The lowest BCUT2D eigenvalue weighted by Crippen LogP contribution is -2.52. The minimum Gasteiger partial charge on any atom is -0.346 e. The average Bonchev–Trinajstić information content (AvgIpc) is 2.31. The maximum absolute atomic E-state index is 13.1. The molecule has 0 fully saturated rings. The second-order valence-corrected chi connectivity index (χ2v) is 6.30. The van der Waals surface area contributed by atoms with Crippen LogP contribution in [0.25, 0.3) is 0 Å². The van der Waals surface area contributed by atoms with Crippen LogP contribution in [0.5, 0.6) is 0 Å². The maximum atomic E-state index is 13.1. The molecule has 0 heterocycles. The fourth-order valence-corrected chi connectivity index (χ4v) is 2.45. The van der Waals surface area contributed by atoms with Crippen LogP contribution in [0.3, 0.4) is 0 Å². The number of hydrogen-bond acceptors (Lipinski definition) is 2. The highest BCUT2D eigenvalue weighted by Crippen LogP contribution is 2.19. The Morgan fingerprint density at radius 3 is 2.55 bits per heavy atom. The van der Waals surface area contributed by atoms with E-state index in [1.807, 2.05) is 6.92 Å². The van der Waals surface area contributed by atoms with E-state index < -0.39 is 5.54 Å². The Kier molecular flexibility index (Phi) is 7.70. The highest BCUT2D eigenvalue weighted by Gasteiger charge is 2.26. The number of carbonyl (C=O) groups excluding carboxylic acids is 1. The van der Waals surface area contributed by atoms with Gasteiger partial charge in [-0.15, -0.1) is 12.4 Å². The summed E-state index contributed by atoms with van der Waals surface area (Å²) in [5, 5.41) is 2.93. The minimum atomic E-state index is -0.452. The highest BCUT2D eigenvalue weighted by molar-refractivity contribution is 9.10. The van der Waals surface area contributed by atoms with Gasteiger partial charge in [-0.3, -0.25) is 4.79 Å². The molecule has 6 heteroatoms. The summed E-state index contributed by atoms with van der Waals surface area (Å²) < 4.78 is 13.4. The number of rotatable bonds is 5. The van der Waals surface area contributed by atoms with E-state index in [0.717, 1.165) is 6.42 Å². The quantitative estimate of drug-likeness (QED) is 0.837. The molecular formula is C14H21BrClFN2O. The van der Waals surface area contributed by atoms with E-state index in [1.54, 1.807) is 0 Å². The predicted molar refractivity (Wildman–Crippen MR) is 85.7 cm³/mol. The molecular weight excluding hydrogens is 347 g/mol. The topological polar surface area (TPSA) is 55.1 Å². The molecule has 1 aromatic rings. The maximum Gasteiger partial charge on any atom is 0.251 e. The third kappa shape index (κ3) is 5.38.